The second kappa shape index (κ2) is 6.60. The summed E-state index contributed by atoms with van der Waals surface area (Å²) >= 11 is 0. The summed E-state index contributed by atoms with van der Waals surface area (Å²) in [5, 5.41) is 13.1. The maximum atomic E-state index is 11.7. The first-order chi connectivity index (χ1) is 8.07. The maximum absolute atomic E-state index is 11.7. The van der Waals surface area contributed by atoms with Gasteiger partial charge in [-0.1, -0.05) is 5.92 Å². The van der Waals surface area contributed by atoms with Crippen molar-refractivity contribution in [2.75, 3.05) is 39.9 Å². The highest BCUT2D eigenvalue weighted by molar-refractivity contribution is 5.78. The fourth-order valence-corrected chi connectivity index (χ4v) is 1.82. The minimum absolute atomic E-state index is 0.0693. The van der Waals surface area contributed by atoms with Crippen LogP contribution in [0.4, 0.5) is 0 Å². The van der Waals surface area contributed by atoms with Crippen LogP contribution in [0.5, 0.6) is 0 Å². The lowest BCUT2D eigenvalue weighted by Gasteiger charge is -2.35. The van der Waals surface area contributed by atoms with Crippen molar-refractivity contribution < 1.29 is 14.6 Å². The van der Waals surface area contributed by atoms with Gasteiger partial charge in [-0.05, 0) is 0 Å². The van der Waals surface area contributed by atoms with Crippen molar-refractivity contribution in [2.24, 2.45) is 0 Å². The van der Waals surface area contributed by atoms with E-state index in [4.69, 9.17) is 11.2 Å². The molecule has 1 aliphatic heterocycles. The van der Waals surface area contributed by atoms with Gasteiger partial charge < -0.3 is 14.7 Å². The van der Waals surface area contributed by atoms with E-state index in [0.29, 0.717) is 39.1 Å². The van der Waals surface area contributed by atoms with Gasteiger partial charge in [-0.3, -0.25) is 10.1 Å². The Hall–Kier alpha value is -1.09. The third-order valence-corrected chi connectivity index (χ3v) is 2.88. The molecule has 0 bridgehead atoms. The first-order valence-corrected chi connectivity index (χ1v) is 5.76. The number of carbonyl (C=O) groups is 1. The quantitative estimate of drug-likeness (QED) is 0.488. The van der Waals surface area contributed by atoms with Crippen LogP contribution in [0.25, 0.3) is 0 Å². The van der Waals surface area contributed by atoms with Crippen molar-refractivity contribution in [3.05, 3.63) is 0 Å². The second-order valence-corrected chi connectivity index (χ2v) is 4.39. The first kappa shape index (κ1) is 14.0. The molecular formula is C12H20N2O3. The van der Waals surface area contributed by atoms with Crippen LogP contribution in [0.2, 0.25) is 0 Å². The molecule has 1 aliphatic rings. The lowest BCUT2D eigenvalue weighted by atomic mass is 9.94. The summed E-state index contributed by atoms with van der Waals surface area (Å²) in [6, 6.07) is 0. The van der Waals surface area contributed by atoms with Gasteiger partial charge in [0, 0.05) is 39.6 Å². The monoisotopic (exact) mass is 240 g/mol. The Morgan fingerprint density at radius 3 is 2.82 bits per heavy atom. The van der Waals surface area contributed by atoms with Gasteiger partial charge in [0.1, 0.15) is 0 Å². The van der Waals surface area contributed by atoms with Gasteiger partial charge in [0.25, 0.3) is 0 Å². The molecule has 0 aromatic heterocycles. The molecule has 1 amide bonds. The summed E-state index contributed by atoms with van der Waals surface area (Å²) < 4.78 is 5.19. The molecule has 96 valence electrons. The summed E-state index contributed by atoms with van der Waals surface area (Å²) in [5.41, 5.74) is -0.811. The Morgan fingerprint density at radius 1 is 1.59 bits per heavy atom. The number of nitrogens with zero attached hydrogens (tertiary/aromatic N) is 1. The van der Waals surface area contributed by atoms with Crippen molar-refractivity contribution >= 4 is 5.91 Å². The number of hydrogen-bond acceptors (Lipinski definition) is 4. The Labute approximate surface area is 102 Å². The average molecular weight is 240 g/mol. The first-order valence-electron chi connectivity index (χ1n) is 5.76. The molecule has 0 atom stereocenters. The molecule has 1 heterocycles. The number of ether oxygens (including phenoxy) is 1. The van der Waals surface area contributed by atoms with E-state index in [-0.39, 0.29) is 12.5 Å². The normalized spacial score (nSPS) is 18.4. The fourth-order valence-electron chi connectivity index (χ4n) is 1.82. The molecule has 0 spiro atoms. The lowest BCUT2D eigenvalue weighted by Crippen LogP contribution is -2.49. The molecule has 0 aliphatic carbocycles. The topological polar surface area (TPSA) is 61.8 Å². The number of likely N-dealkylation sites (N-methyl/N-ethyl adjacent to an activating group) is 1. The van der Waals surface area contributed by atoms with Gasteiger partial charge in [-0.15, -0.1) is 6.42 Å². The molecule has 0 unspecified atom stereocenters. The molecule has 0 aromatic carbocycles. The molecule has 1 fully saturated rings. The van der Waals surface area contributed by atoms with Gasteiger partial charge in [0.15, 0.2) is 0 Å². The smallest absolute Gasteiger partial charge is 0.236 e. The maximum Gasteiger partial charge on any atom is 0.236 e. The van der Waals surface area contributed by atoms with Crippen LogP contribution in [0.15, 0.2) is 0 Å². The number of hydrogen-bond donors (Lipinski definition) is 2. The zero-order valence-corrected chi connectivity index (χ0v) is 10.2. The van der Waals surface area contributed by atoms with Gasteiger partial charge in [0.2, 0.25) is 5.91 Å². The van der Waals surface area contributed by atoms with E-state index in [0.717, 1.165) is 0 Å². The summed E-state index contributed by atoms with van der Waals surface area (Å²) in [6.45, 7) is 2.01. The fraction of sp³-hybridized carbons (Fsp3) is 0.750. The number of rotatable bonds is 5. The molecule has 0 aromatic rings. The van der Waals surface area contributed by atoms with Crippen molar-refractivity contribution in [3.63, 3.8) is 0 Å². The number of aliphatic hydroxyl groups is 1. The Morgan fingerprint density at radius 2 is 2.24 bits per heavy atom. The van der Waals surface area contributed by atoms with Crippen LogP contribution in [-0.4, -0.2) is 61.4 Å². The number of amides is 1. The zero-order chi connectivity index (χ0) is 12.7. The summed E-state index contributed by atoms with van der Waals surface area (Å²) in [7, 11) is 1.69. The minimum atomic E-state index is -0.811. The molecule has 5 nitrogen and oxygen atoms in total. The Balaban J connectivity index is 2.34. The van der Waals surface area contributed by atoms with Crippen molar-refractivity contribution in [1.29, 1.82) is 0 Å². The van der Waals surface area contributed by atoms with E-state index >= 15 is 0 Å². The van der Waals surface area contributed by atoms with E-state index in [1.807, 2.05) is 0 Å². The van der Waals surface area contributed by atoms with E-state index < -0.39 is 5.60 Å². The Kier molecular flexibility index (Phi) is 5.42. The molecule has 17 heavy (non-hydrogen) atoms. The van der Waals surface area contributed by atoms with Gasteiger partial charge in [-0.2, -0.15) is 0 Å². The highest BCUT2D eigenvalue weighted by atomic mass is 16.5. The summed E-state index contributed by atoms with van der Waals surface area (Å²) in [6.07, 6.45) is 6.21. The second-order valence-electron chi connectivity index (χ2n) is 4.39. The van der Waals surface area contributed by atoms with Crippen molar-refractivity contribution in [1.82, 2.24) is 10.2 Å². The standard InChI is InChI=1S/C12H20N2O3/c1-3-6-13-9-11(15)14(2)10-12(16)4-7-17-8-5-12/h1,13,16H,4-10H2,2H3. The Bertz CT molecular complexity index is 293. The van der Waals surface area contributed by atoms with E-state index in [2.05, 4.69) is 11.2 Å². The minimum Gasteiger partial charge on any atom is -0.388 e. The molecule has 2 N–H and O–H groups in total. The largest absolute Gasteiger partial charge is 0.388 e. The predicted molar refractivity (Wildman–Crippen MR) is 64.3 cm³/mol. The van der Waals surface area contributed by atoms with Crippen LogP contribution in [0.3, 0.4) is 0 Å². The number of nitrogens with one attached hydrogen (secondary N) is 1. The molecule has 5 heteroatoms. The molecule has 1 rings (SSSR count). The molecule has 1 saturated heterocycles. The van der Waals surface area contributed by atoms with Crippen LogP contribution < -0.4 is 5.32 Å². The van der Waals surface area contributed by atoms with Crippen molar-refractivity contribution in [3.8, 4) is 12.3 Å². The van der Waals surface area contributed by atoms with Gasteiger partial charge >= 0.3 is 0 Å². The molecule has 0 radical (unpaired) electrons. The zero-order valence-electron chi connectivity index (χ0n) is 10.2. The van der Waals surface area contributed by atoms with Gasteiger partial charge in [0.05, 0.1) is 18.7 Å². The summed E-state index contributed by atoms with van der Waals surface area (Å²) in [5.74, 6) is 2.33. The molecule has 0 saturated carbocycles. The lowest BCUT2D eigenvalue weighted by molar-refractivity contribution is -0.135. The van der Waals surface area contributed by atoms with E-state index in [9.17, 15) is 9.90 Å². The van der Waals surface area contributed by atoms with Crippen LogP contribution in [0.1, 0.15) is 12.8 Å². The third kappa shape index (κ3) is 4.73. The van der Waals surface area contributed by atoms with E-state index in [1.54, 1.807) is 7.05 Å². The molecular weight excluding hydrogens is 220 g/mol. The average Bonchev–Trinajstić information content (AvgIpc) is 2.29. The predicted octanol–water partition coefficient (Wildman–Crippen LogP) is -0.791. The van der Waals surface area contributed by atoms with Crippen LogP contribution in [-0.2, 0) is 9.53 Å². The highest BCUT2D eigenvalue weighted by Crippen LogP contribution is 2.21. The number of terminal acetylenes is 1. The SMILES string of the molecule is C#CCNCC(=O)N(C)CC1(O)CCOCC1. The van der Waals surface area contributed by atoms with Crippen molar-refractivity contribution in [2.45, 2.75) is 18.4 Å². The summed E-state index contributed by atoms with van der Waals surface area (Å²) in [4.78, 5) is 13.2. The highest BCUT2D eigenvalue weighted by Gasteiger charge is 2.32. The van der Waals surface area contributed by atoms with Crippen LogP contribution >= 0.6 is 0 Å². The van der Waals surface area contributed by atoms with Crippen LogP contribution in [0, 0.1) is 12.3 Å². The third-order valence-electron chi connectivity index (χ3n) is 2.88. The van der Waals surface area contributed by atoms with E-state index in [1.165, 1.54) is 4.90 Å². The number of carbonyl (C=O) groups excluding carboxylic acids is 1. The van der Waals surface area contributed by atoms with Gasteiger partial charge in [-0.25, -0.2) is 0 Å².